The Labute approximate surface area is 181 Å². The molecule has 0 fully saturated rings. The molecule has 2 N–H and O–H groups in total. The van der Waals surface area contributed by atoms with E-state index < -0.39 is 0 Å². The van der Waals surface area contributed by atoms with E-state index in [9.17, 15) is 0 Å². The van der Waals surface area contributed by atoms with Crippen LogP contribution in [0, 0.1) is 6.92 Å². The number of nitrogens with zero attached hydrogens (tertiary/aromatic N) is 5. The Balaban J connectivity index is 1.36. The molecule has 0 saturated heterocycles. The maximum Gasteiger partial charge on any atom is 0.180 e. The molecule has 156 valence electrons. The van der Waals surface area contributed by atoms with Crippen LogP contribution in [-0.4, -0.2) is 30.6 Å². The summed E-state index contributed by atoms with van der Waals surface area (Å²) in [6, 6.07) is 16.7. The normalized spacial score (nSPS) is 13.5. The molecular weight excluding hydrogens is 386 g/mol. The number of aromatic nitrogens is 6. The topological polar surface area (TPSA) is 92.3 Å². The summed E-state index contributed by atoms with van der Waals surface area (Å²) in [5.74, 6) is 2.51. The summed E-state index contributed by atoms with van der Waals surface area (Å²) < 4.78 is 0. The fourth-order valence-electron chi connectivity index (χ4n) is 4.24. The molecule has 0 unspecified atom stereocenters. The van der Waals surface area contributed by atoms with E-state index in [1.165, 1.54) is 36.1 Å². The standard InChI is InChI=1S/C24H25N7/c1-16-26-22-10-4-2-3-9-21(22)23(27-16)25-15-17-11-13-18(14-12-17)19-7-5-6-8-20(19)24-28-30-31-29-24/h5-8,11-14H,2-4,9-10,15H2,1H3,(H,25,26,27)(H,28,29,30,31). The van der Waals surface area contributed by atoms with Gasteiger partial charge in [-0.1, -0.05) is 55.0 Å². The number of fused-ring (bicyclic) bond motifs is 1. The van der Waals surface area contributed by atoms with Crippen LogP contribution in [0.5, 0.6) is 0 Å². The van der Waals surface area contributed by atoms with E-state index in [1.807, 2.05) is 25.1 Å². The van der Waals surface area contributed by atoms with E-state index in [1.54, 1.807) is 0 Å². The van der Waals surface area contributed by atoms with Gasteiger partial charge in [0.2, 0.25) is 0 Å². The highest BCUT2D eigenvalue weighted by atomic mass is 15.5. The molecule has 4 aromatic rings. The fraction of sp³-hybridized carbons (Fsp3) is 0.292. The largest absolute Gasteiger partial charge is 0.366 e. The third-order valence-electron chi connectivity index (χ3n) is 5.80. The second kappa shape index (κ2) is 8.63. The lowest BCUT2D eigenvalue weighted by molar-refractivity contribution is 0.708. The van der Waals surface area contributed by atoms with E-state index in [2.05, 4.69) is 56.3 Å². The third kappa shape index (κ3) is 4.17. The van der Waals surface area contributed by atoms with Crippen LogP contribution < -0.4 is 5.32 Å². The van der Waals surface area contributed by atoms with Gasteiger partial charge in [0, 0.05) is 23.4 Å². The summed E-state index contributed by atoms with van der Waals surface area (Å²) in [6.07, 6.45) is 5.81. The van der Waals surface area contributed by atoms with Crippen molar-refractivity contribution in [2.45, 2.75) is 45.6 Å². The smallest absolute Gasteiger partial charge is 0.180 e. The van der Waals surface area contributed by atoms with Crippen molar-refractivity contribution < 1.29 is 0 Å². The summed E-state index contributed by atoms with van der Waals surface area (Å²) in [4.78, 5) is 9.40. The first-order chi connectivity index (χ1) is 15.3. The van der Waals surface area contributed by atoms with Crippen molar-refractivity contribution in [3.63, 3.8) is 0 Å². The number of H-pyrrole nitrogens is 1. The Morgan fingerprint density at radius 3 is 2.52 bits per heavy atom. The minimum Gasteiger partial charge on any atom is -0.366 e. The van der Waals surface area contributed by atoms with Crippen molar-refractivity contribution in [1.82, 2.24) is 30.6 Å². The molecule has 0 bridgehead atoms. The second-order valence-corrected chi connectivity index (χ2v) is 7.95. The van der Waals surface area contributed by atoms with Crippen LogP contribution in [0.4, 0.5) is 5.82 Å². The highest BCUT2D eigenvalue weighted by Crippen LogP contribution is 2.30. The third-order valence-corrected chi connectivity index (χ3v) is 5.80. The summed E-state index contributed by atoms with van der Waals surface area (Å²) in [7, 11) is 0. The van der Waals surface area contributed by atoms with Gasteiger partial charge in [0.25, 0.3) is 0 Å². The van der Waals surface area contributed by atoms with Gasteiger partial charge in [-0.3, -0.25) is 0 Å². The van der Waals surface area contributed by atoms with Crippen LogP contribution >= 0.6 is 0 Å². The van der Waals surface area contributed by atoms with Crippen molar-refractivity contribution in [2.75, 3.05) is 5.32 Å². The van der Waals surface area contributed by atoms with Crippen molar-refractivity contribution in [3.8, 4) is 22.5 Å². The Morgan fingerprint density at radius 2 is 1.71 bits per heavy atom. The number of nitrogens with one attached hydrogen (secondary N) is 2. The lowest BCUT2D eigenvalue weighted by Crippen LogP contribution is -2.10. The first kappa shape index (κ1) is 19.4. The number of aromatic amines is 1. The molecule has 5 rings (SSSR count). The Morgan fingerprint density at radius 1 is 0.903 bits per heavy atom. The lowest BCUT2D eigenvalue weighted by Gasteiger charge is -2.14. The Bertz CT molecular complexity index is 1170. The van der Waals surface area contributed by atoms with Crippen LogP contribution in [0.3, 0.4) is 0 Å². The van der Waals surface area contributed by atoms with E-state index in [0.29, 0.717) is 5.82 Å². The monoisotopic (exact) mass is 411 g/mol. The number of tetrazole rings is 1. The number of hydrogen-bond acceptors (Lipinski definition) is 6. The van der Waals surface area contributed by atoms with E-state index in [-0.39, 0.29) is 0 Å². The molecule has 0 radical (unpaired) electrons. The number of anilines is 1. The summed E-state index contributed by atoms with van der Waals surface area (Å²) in [6.45, 7) is 2.71. The minimum atomic E-state index is 0.668. The van der Waals surface area contributed by atoms with Gasteiger partial charge in [0.1, 0.15) is 11.6 Å². The SMILES string of the molecule is Cc1nc2c(c(NCc3ccc(-c4ccccc4-c4nnn[nH]4)cc3)n1)CCCCC2. The quantitative estimate of drug-likeness (QED) is 0.469. The van der Waals surface area contributed by atoms with Crippen LogP contribution in [0.2, 0.25) is 0 Å². The molecule has 2 aromatic carbocycles. The van der Waals surface area contributed by atoms with Gasteiger partial charge >= 0.3 is 0 Å². The molecule has 2 aromatic heterocycles. The van der Waals surface area contributed by atoms with Crippen LogP contribution in [0.25, 0.3) is 22.5 Å². The van der Waals surface area contributed by atoms with Gasteiger partial charge in [-0.25, -0.2) is 15.1 Å². The predicted molar refractivity (Wildman–Crippen MR) is 120 cm³/mol. The molecule has 0 amide bonds. The highest BCUT2D eigenvalue weighted by molar-refractivity contribution is 5.80. The van der Waals surface area contributed by atoms with Crippen molar-refractivity contribution in [3.05, 3.63) is 71.2 Å². The summed E-state index contributed by atoms with van der Waals surface area (Å²) >= 11 is 0. The van der Waals surface area contributed by atoms with Gasteiger partial charge in [-0.05, 0) is 59.7 Å². The van der Waals surface area contributed by atoms with Crippen LogP contribution in [0.15, 0.2) is 48.5 Å². The first-order valence-electron chi connectivity index (χ1n) is 10.8. The minimum absolute atomic E-state index is 0.668. The van der Waals surface area contributed by atoms with Gasteiger partial charge in [0.05, 0.1) is 0 Å². The van der Waals surface area contributed by atoms with Crippen LogP contribution in [-0.2, 0) is 19.4 Å². The van der Waals surface area contributed by atoms with E-state index in [4.69, 9.17) is 9.97 Å². The first-order valence-corrected chi connectivity index (χ1v) is 10.8. The van der Waals surface area contributed by atoms with Gasteiger partial charge in [0.15, 0.2) is 5.82 Å². The zero-order chi connectivity index (χ0) is 21.0. The zero-order valence-corrected chi connectivity index (χ0v) is 17.6. The molecule has 0 saturated carbocycles. The Kier molecular flexibility index (Phi) is 5.39. The lowest BCUT2D eigenvalue weighted by atomic mass is 9.98. The summed E-state index contributed by atoms with van der Waals surface area (Å²) in [5, 5.41) is 17.9. The molecule has 7 nitrogen and oxygen atoms in total. The van der Waals surface area contributed by atoms with Gasteiger partial charge in [-0.15, -0.1) is 5.10 Å². The second-order valence-electron chi connectivity index (χ2n) is 7.95. The fourth-order valence-corrected chi connectivity index (χ4v) is 4.24. The van der Waals surface area contributed by atoms with Crippen molar-refractivity contribution >= 4 is 5.82 Å². The molecule has 2 heterocycles. The zero-order valence-electron chi connectivity index (χ0n) is 17.6. The molecule has 0 aliphatic heterocycles. The van der Waals surface area contributed by atoms with Crippen molar-refractivity contribution in [1.29, 1.82) is 0 Å². The average Bonchev–Trinajstić information content (AvgIpc) is 3.24. The molecule has 1 aliphatic carbocycles. The average molecular weight is 412 g/mol. The summed E-state index contributed by atoms with van der Waals surface area (Å²) in [5.41, 5.74) is 6.94. The molecule has 0 atom stereocenters. The molecule has 7 heteroatoms. The molecule has 1 aliphatic rings. The van der Waals surface area contributed by atoms with Crippen molar-refractivity contribution in [2.24, 2.45) is 0 Å². The van der Waals surface area contributed by atoms with E-state index in [0.717, 1.165) is 47.7 Å². The maximum absolute atomic E-state index is 4.70. The van der Waals surface area contributed by atoms with E-state index >= 15 is 0 Å². The number of aryl methyl sites for hydroxylation is 2. The molecule has 0 spiro atoms. The predicted octanol–water partition coefficient (Wildman–Crippen LogP) is 4.51. The maximum atomic E-state index is 4.70. The van der Waals surface area contributed by atoms with Gasteiger partial charge < -0.3 is 5.32 Å². The number of benzene rings is 2. The highest BCUT2D eigenvalue weighted by Gasteiger charge is 2.16. The van der Waals surface area contributed by atoms with Gasteiger partial charge in [-0.2, -0.15) is 0 Å². The molecular formula is C24H25N7. The Hall–Kier alpha value is -3.61. The molecule has 31 heavy (non-hydrogen) atoms. The van der Waals surface area contributed by atoms with Crippen LogP contribution in [0.1, 0.15) is 41.9 Å². The number of hydrogen-bond donors (Lipinski definition) is 2. The number of rotatable bonds is 5.